The number of furan rings is 1. The lowest BCUT2D eigenvalue weighted by molar-refractivity contribution is -0.139. The Morgan fingerprint density at radius 2 is 1.75 bits per heavy atom. The van der Waals surface area contributed by atoms with Crippen LogP contribution in [0.3, 0.4) is 0 Å². The van der Waals surface area contributed by atoms with Crippen molar-refractivity contribution in [2.75, 3.05) is 7.11 Å². The summed E-state index contributed by atoms with van der Waals surface area (Å²) in [6.07, 6.45) is 0.897. The van der Waals surface area contributed by atoms with Crippen molar-refractivity contribution in [3.05, 3.63) is 83.3 Å². The molecular formula is C22H22ClNO4. The smallest absolute Gasteiger partial charge is 0.264 e. The molecule has 0 N–H and O–H groups in total. The molecule has 146 valence electrons. The number of carbonyl (C=O) groups excluding carboxylic acids is 1. The van der Waals surface area contributed by atoms with Crippen LogP contribution in [0.25, 0.3) is 0 Å². The van der Waals surface area contributed by atoms with E-state index in [2.05, 4.69) is 0 Å². The molecule has 3 rings (SSSR count). The van der Waals surface area contributed by atoms with Gasteiger partial charge in [0.2, 0.25) is 0 Å². The summed E-state index contributed by atoms with van der Waals surface area (Å²) in [5.41, 5.74) is 0.966. The highest BCUT2D eigenvalue weighted by Crippen LogP contribution is 2.27. The third-order valence-electron chi connectivity index (χ3n) is 4.25. The molecule has 1 heterocycles. The Kier molecular flexibility index (Phi) is 6.61. The second-order valence-corrected chi connectivity index (χ2v) is 6.75. The van der Waals surface area contributed by atoms with E-state index in [0.29, 0.717) is 35.4 Å². The highest BCUT2D eigenvalue weighted by atomic mass is 35.5. The number of para-hydroxylation sites is 2. The first-order chi connectivity index (χ1) is 13.6. The van der Waals surface area contributed by atoms with Gasteiger partial charge in [-0.1, -0.05) is 35.9 Å². The second-order valence-electron chi connectivity index (χ2n) is 6.31. The van der Waals surface area contributed by atoms with Crippen molar-refractivity contribution in [1.82, 2.24) is 4.90 Å². The first-order valence-electron chi connectivity index (χ1n) is 8.92. The van der Waals surface area contributed by atoms with Crippen LogP contribution in [0.4, 0.5) is 0 Å². The maximum atomic E-state index is 13.1. The van der Waals surface area contributed by atoms with E-state index >= 15 is 0 Å². The summed E-state index contributed by atoms with van der Waals surface area (Å²) in [6.45, 7) is 2.48. The van der Waals surface area contributed by atoms with E-state index in [-0.39, 0.29) is 5.91 Å². The molecule has 0 unspecified atom stereocenters. The van der Waals surface area contributed by atoms with Gasteiger partial charge in [0.05, 0.1) is 19.9 Å². The fourth-order valence-electron chi connectivity index (χ4n) is 2.83. The van der Waals surface area contributed by atoms with E-state index in [0.717, 1.165) is 5.56 Å². The van der Waals surface area contributed by atoms with Crippen LogP contribution in [0.2, 0.25) is 5.02 Å². The fraction of sp³-hybridized carbons (Fsp3) is 0.227. The summed E-state index contributed by atoms with van der Waals surface area (Å²) in [7, 11) is 1.57. The molecule has 1 atom stereocenters. The highest BCUT2D eigenvalue weighted by Gasteiger charge is 2.24. The van der Waals surface area contributed by atoms with Crippen LogP contribution in [-0.2, 0) is 17.9 Å². The van der Waals surface area contributed by atoms with Crippen molar-refractivity contribution >= 4 is 17.5 Å². The molecular weight excluding hydrogens is 378 g/mol. The molecule has 0 saturated heterocycles. The lowest BCUT2D eigenvalue weighted by atomic mass is 10.2. The van der Waals surface area contributed by atoms with Crippen molar-refractivity contribution in [3.8, 4) is 11.5 Å². The van der Waals surface area contributed by atoms with Crippen LogP contribution >= 0.6 is 11.6 Å². The summed E-state index contributed by atoms with van der Waals surface area (Å²) in [4.78, 5) is 14.8. The van der Waals surface area contributed by atoms with Gasteiger partial charge in [-0.15, -0.1) is 0 Å². The maximum Gasteiger partial charge on any atom is 0.264 e. The average Bonchev–Trinajstić information content (AvgIpc) is 3.22. The Labute approximate surface area is 169 Å². The molecule has 0 aliphatic rings. The quantitative estimate of drug-likeness (QED) is 0.538. The molecule has 0 spiro atoms. The second kappa shape index (κ2) is 9.33. The SMILES string of the molecule is COc1ccccc1O[C@@H](C)C(=O)N(Cc1ccc(Cl)cc1)Cc1ccco1. The summed E-state index contributed by atoms with van der Waals surface area (Å²) in [6, 6.07) is 18.3. The lowest BCUT2D eigenvalue weighted by Gasteiger charge is -2.26. The van der Waals surface area contributed by atoms with Crippen molar-refractivity contribution in [3.63, 3.8) is 0 Å². The molecule has 0 saturated carbocycles. The van der Waals surface area contributed by atoms with Crippen LogP contribution in [-0.4, -0.2) is 24.0 Å². The number of nitrogens with zero attached hydrogens (tertiary/aromatic N) is 1. The van der Waals surface area contributed by atoms with Crippen LogP contribution in [0.5, 0.6) is 11.5 Å². The van der Waals surface area contributed by atoms with E-state index in [9.17, 15) is 4.79 Å². The van der Waals surface area contributed by atoms with Gasteiger partial charge in [0, 0.05) is 11.6 Å². The van der Waals surface area contributed by atoms with Crippen molar-refractivity contribution < 1.29 is 18.7 Å². The third-order valence-corrected chi connectivity index (χ3v) is 4.50. The molecule has 1 aromatic heterocycles. The maximum absolute atomic E-state index is 13.1. The third kappa shape index (κ3) is 5.08. The fourth-order valence-corrected chi connectivity index (χ4v) is 2.95. The Morgan fingerprint density at radius 1 is 1.04 bits per heavy atom. The Hall–Kier alpha value is -2.92. The van der Waals surface area contributed by atoms with Crippen LogP contribution in [0, 0.1) is 0 Å². The van der Waals surface area contributed by atoms with Crippen molar-refractivity contribution in [1.29, 1.82) is 0 Å². The van der Waals surface area contributed by atoms with Gasteiger partial charge in [0.1, 0.15) is 5.76 Å². The van der Waals surface area contributed by atoms with Gasteiger partial charge in [0.25, 0.3) is 5.91 Å². The Balaban J connectivity index is 1.77. The van der Waals surface area contributed by atoms with Gasteiger partial charge >= 0.3 is 0 Å². The van der Waals surface area contributed by atoms with Gasteiger partial charge < -0.3 is 18.8 Å². The number of hydrogen-bond acceptors (Lipinski definition) is 4. The van der Waals surface area contributed by atoms with Gasteiger partial charge in [-0.3, -0.25) is 4.79 Å². The minimum absolute atomic E-state index is 0.155. The summed E-state index contributed by atoms with van der Waals surface area (Å²) in [5.74, 6) is 1.65. The molecule has 28 heavy (non-hydrogen) atoms. The number of carbonyl (C=O) groups is 1. The molecule has 6 heteroatoms. The van der Waals surface area contributed by atoms with E-state index in [1.54, 1.807) is 55.5 Å². The van der Waals surface area contributed by atoms with Crippen LogP contribution < -0.4 is 9.47 Å². The molecule has 0 fully saturated rings. The molecule has 1 amide bonds. The van der Waals surface area contributed by atoms with Crippen molar-refractivity contribution in [2.45, 2.75) is 26.1 Å². The monoisotopic (exact) mass is 399 g/mol. The number of methoxy groups -OCH3 is 1. The normalized spacial score (nSPS) is 11.7. The highest BCUT2D eigenvalue weighted by molar-refractivity contribution is 6.30. The number of rotatable bonds is 8. The largest absolute Gasteiger partial charge is 0.493 e. The molecule has 0 bridgehead atoms. The molecule has 2 aromatic carbocycles. The summed E-state index contributed by atoms with van der Waals surface area (Å²) < 4.78 is 16.6. The standard InChI is InChI=1S/C22H22ClNO4/c1-16(28-21-8-4-3-7-20(21)26-2)22(25)24(15-19-6-5-13-27-19)14-17-9-11-18(23)12-10-17/h3-13,16H,14-15H2,1-2H3/t16-/m0/s1. The summed E-state index contributed by atoms with van der Waals surface area (Å²) >= 11 is 5.97. The van der Waals surface area contributed by atoms with Crippen molar-refractivity contribution in [2.24, 2.45) is 0 Å². The molecule has 5 nitrogen and oxygen atoms in total. The zero-order chi connectivity index (χ0) is 19.9. The molecule has 0 aliphatic heterocycles. The van der Waals surface area contributed by atoms with E-state index in [1.807, 2.05) is 30.3 Å². The number of ether oxygens (including phenoxy) is 2. The topological polar surface area (TPSA) is 51.9 Å². The molecule has 3 aromatic rings. The predicted molar refractivity (Wildman–Crippen MR) is 107 cm³/mol. The van der Waals surface area contributed by atoms with E-state index in [1.165, 1.54) is 0 Å². The van der Waals surface area contributed by atoms with Crippen LogP contribution in [0.1, 0.15) is 18.2 Å². The van der Waals surface area contributed by atoms with Gasteiger partial charge in [-0.05, 0) is 48.9 Å². The minimum atomic E-state index is -0.696. The van der Waals surface area contributed by atoms with Crippen LogP contribution in [0.15, 0.2) is 71.3 Å². The molecule has 0 radical (unpaired) electrons. The zero-order valence-corrected chi connectivity index (χ0v) is 16.6. The minimum Gasteiger partial charge on any atom is -0.493 e. The number of benzene rings is 2. The number of amides is 1. The summed E-state index contributed by atoms with van der Waals surface area (Å²) in [5, 5.41) is 0.653. The first kappa shape index (κ1) is 19.8. The Bertz CT molecular complexity index is 893. The molecule has 0 aliphatic carbocycles. The van der Waals surface area contributed by atoms with E-state index < -0.39 is 6.10 Å². The Morgan fingerprint density at radius 3 is 2.39 bits per heavy atom. The predicted octanol–water partition coefficient (Wildman–Crippen LogP) is 4.94. The van der Waals surface area contributed by atoms with Gasteiger partial charge in [-0.2, -0.15) is 0 Å². The van der Waals surface area contributed by atoms with E-state index in [4.69, 9.17) is 25.5 Å². The number of halogens is 1. The average molecular weight is 400 g/mol. The number of hydrogen-bond donors (Lipinski definition) is 0. The lowest BCUT2D eigenvalue weighted by Crippen LogP contribution is -2.39. The van der Waals surface area contributed by atoms with Gasteiger partial charge in [0.15, 0.2) is 17.6 Å². The first-order valence-corrected chi connectivity index (χ1v) is 9.30. The zero-order valence-electron chi connectivity index (χ0n) is 15.8. The van der Waals surface area contributed by atoms with Gasteiger partial charge in [-0.25, -0.2) is 0 Å².